The number of hydrogen-bond acceptors (Lipinski definition) is 5. The molecule has 0 unspecified atom stereocenters. The van der Waals surface area contributed by atoms with Crippen LogP contribution in [0.1, 0.15) is 54.7 Å². The molecule has 0 aliphatic heterocycles. The first-order valence-corrected chi connectivity index (χ1v) is 9.44. The van der Waals surface area contributed by atoms with Crippen LogP contribution in [0.25, 0.3) is 0 Å². The Hall–Kier alpha value is -2.08. The highest BCUT2D eigenvalue weighted by molar-refractivity contribution is 7.98. The fraction of sp³-hybridized carbons (Fsp3) is 0.421. The van der Waals surface area contributed by atoms with E-state index >= 15 is 0 Å². The Morgan fingerprint density at radius 2 is 2.04 bits per heavy atom. The lowest BCUT2D eigenvalue weighted by Gasteiger charge is -2.19. The van der Waals surface area contributed by atoms with E-state index in [1.54, 1.807) is 18.2 Å². The van der Waals surface area contributed by atoms with Crippen LogP contribution in [0, 0.1) is 0 Å². The zero-order chi connectivity index (χ0) is 18.4. The number of anilines is 1. The van der Waals surface area contributed by atoms with Gasteiger partial charge >= 0.3 is 5.97 Å². The van der Waals surface area contributed by atoms with Crippen LogP contribution in [0.4, 0.5) is 5.82 Å². The highest BCUT2D eigenvalue weighted by Crippen LogP contribution is 2.25. The molecule has 6 heteroatoms. The third kappa shape index (κ3) is 5.46. The van der Waals surface area contributed by atoms with E-state index in [4.69, 9.17) is 5.11 Å². The lowest BCUT2D eigenvalue weighted by Crippen LogP contribution is -2.20. The monoisotopic (exact) mass is 359 g/mol. The molecule has 0 bridgehead atoms. The molecule has 0 aliphatic rings. The van der Waals surface area contributed by atoms with Gasteiger partial charge in [-0.3, -0.25) is 0 Å². The molecule has 0 saturated heterocycles. The van der Waals surface area contributed by atoms with Crippen LogP contribution >= 0.6 is 11.8 Å². The van der Waals surface area contributed by atoms with Gasteiger partial charge in [-0.05, 0) is 30.0 Å². The van der Waals surface area contributed by atoms with Crippen LogP contribution in [0.3, 0.4) is 0 Å². The molecule has 1 heterocycles. The van der Waals surface area contributed by atoms with Crippen molar-refractivity contribution in [2.75, 3.05) is 18.5 Å². The van der Waals surface area contributed by atoms with E-state index in [9.17, 15) is 4.79 Å². The number of nitrogens with zero attached hydrogens (tertiary/aromatic N) is 3. The maximum absolute atomic E-state index is 11.1. The van der Waals surface area contributed by atoms with Crippen LogP contribution in [0.15, 0.2) is 35.5 Å². The molecule has 0 saturated carbocycles. The fourth-order valence-electron chi connectivity index (χ4n) is 2.38. The Bertz CT molecular complexity index is 734. The number of aromatic carboxylic acids is 1. The molecule has 0 aliphatic carbocycles. The van der Waals surface area contributed by atoms with Gasteiger partial charge in [0.1, 0.15) is 5.82 Å². The minimum atomic E-state index is -0.909. The molecular formula is C19H25N3O2S. The lowest BCUT2D eigenvalue weighted by molar-refractivity contribution is 0.0697. The van der Waals surface area contributed by atoms with E-state index in [2.05, 4.69) is 41.7 Å². The van der Waals surface area contributed by atoms with Gasteiger partial charge in [-0.25, -0.2) is 14.8 Å². The second-order valence-electron chi connectivity index (χ2n) is 6.30. The molecule has 134 valence electrons. The van der Waals surface area contributed by atoms with Crippen molar-refractivity contribution in [3.05, 3.63) is 47.2 Å². The fourth-order valence-corrected chi connectivity index (χ4v) is 3.18. The summed E-state index contributed by atoms with van der Waals surface area (Å²) in [5, 5.41) is 9.83. The summed E-state index contributed by atoms with van der Waals surface area (Å²) in [6.45, 7) is 7.33. The summed E-state index contributed by atoms with van der Waals surface area (Å²) in [6, 6.07) is 9.05. The Labute approximate surface area is 153 Å². The molecule has 0 radical (unpaired) electrons. The maximum Gasteiger partial charge on any atom is 0.335 e. The quantitative estimate of drug-likeness (QED) is 0.555. The van der Waals surface area contributed by atoms with E-state index < -0.39 is 5.97 Å². The summed E-state index contributed by atoms with van der Waals surface area (Å²) < 4.78 is 0. The number of thioether (sulfide) groups is 1. The highest BCUT2D eigenvalue weighted by Gasteiger charge is 2.12. The number of benzene rings is 1. The second kappa shape index (κ2) is 8.85. The van der Waals surface area contributed by atoms with Crippen molar-refractivity contribution < 1.29 is 9.90 Å². The van der Waals surface area contributed by atoms with Gasteiger partial charge in [0.25, 0.3) is 0 Å². The molecule has 5 nitrogen and oxygen atoms in total. The summed E-state index contributed by atoms with van der Waals surface area (Å²) in [5.41, 5.74) is 2.28. The van der Waals surface area contributed by atoms with E-state index in [1.807, 2.05) is 13.1 Å². The van der Waals surface area contributed by atoms with Crippen LogP contribution in [-0.2, 0) is 5.75 Å². The van der Waals surface area contributed by atoms with Crippen molar-refractivity contribution in [3.8, 4) is 0 Å². The van der Waals surface area contributed by atoms with Crippen molar-refractivity contribution >= 4 is 23.5 Å². The summed E-state index contributed by atoms with van der Waals surface area (Å²) in [4.78, 5) is 22.6. The van der Waals surface area contributed by atoms with Gasteiger partial charge < -0.3 is 10.0 Å². The van der Waals surface area contributed by atoms with Gasteiger partial charge in [-0.1, -0.05) is 44.7 Å². The second-order valence-corrected chi connectivity index (χ2v) is 7.25. The van der Waals surface area contributed by atoms with E-state index in [-0.39, 0.29) is 0 Å². The summed E-state index contributed by atoms with van der Waals surface area (Å²) in [7, 11) is 2.04. The average molecular weight is 359 g/mol. The van der Waals surface area contributed by atoms with Crippen LogP contribution in [0.2, 0.25) is 0 Å². The molecule has 0 spiro atoms. The maximum atomic E-state index is 11.1. The zero-order valence-corrected chi connectivity index (χ0v) is 16.0. The molecule has 1 aromatic heterocycles. The molecule has 2 aromatic rings. The van der Waals surface area contributed by atoms with Crippen molar-refractivity contribution in [1.82, 2.24) is 9.97 Å². The van der Waals surface area contributed by atoms with Gasteiger partial charge in [0, 0.05) is 31.1 Å². The normalized spacial score (nSPS) is 10.9. The first kappa shape index (κ1) is 19.2. The predicted octanol–water partition coefficient (Wildman–Crippen LogP) is 4.44. The Balaban J connectivity index is 2.20. The van der Waals surface area contributed by atoms with E-state index in [0.29, 0.717) is 17.2 Å². The smallest absolute Gasteiger partial charge is 0.335 e. The topological polar surface area (TPSA) is 66.3 Å². The van der Waals surface area contributed by atoms with E-state index in [0.717, 1.165) is 35.2 Å². The zero-order valence-electron chi connectivity index (χ0n) is 15.2. The Kier molecular flexibility index (Phi) is 6.82. The van der Waals surface area contributed by atoms with Gasteiger partial charge in [0.15, 0.2) is 5.16 Å². The molecule has 1 aromatic carbocycles. The molecule has 0 fully saturated rings. The lowest BCUT2D eigenvalue weighted by atomic mass is 10.1. The number of aromatic nitrogens is 2. The van der Waals surface area contributed by atoms with E-state index in [1.165, 1.54) is 11.8 Å². The minimum Gasteiger partial charge on any atom is -0.478 e. The van der Waals surface area contributed by atoms with Crippen molar-refractivity contribution in [2.24, 2.45) is 0 Å². The number of hydrogen-bond donors (Lipinski definition) is 1. The molecular weight excluding hydrogens is 334 g/mol. The molecule has 2 rings (SSSR count). The predicted molar refractivity (Wildman–Crippen MR) is 103 cm³/mol. The molecule has 25 heavy (non-hydrogen) atoms. The summed E-state index contributed by atoms with van der Waals surface area (Å²) in [5.74, 6) is 0.988. The number of carboxylic acids is 1. The number of rotatable bonds is 8. The Morgan fingerprint density at radius 1 is 1.28 bits per heavy atom. The van der Waals surface area contributed by atoms with Gasteiger partial charge in [0.2, 0.25) is 0 Å². The third-order valence-electron chi connectivity index (χ3n) is 3.80. The highest BCUT2D eigenvalue weighted by atomic mass is 32.2. The average Bonchev–Trinajstić information content (AvgIpc) is 2.60. The number of carbonyl (C=O) groups is 1. The van der Waals surface area contributed by atoms with Crippen molar-refractivity contribution in [1.29, 1.82) is 0 Å². The minimum absolute atomic E-state index is 0.304. The van der Waals surface area contributed by atoms with Crippen LogP contribution < -0.4 is 4.90 Å². The largest absolute Gasteiger partial charge is 0.478 e. The first-order chi connectivity index (χ1) is 11.9. The third-order valence-corrected chi connectivity index (χ3v) is 4.71. The van der Waals surface area contributed by atoms with Gasteiger partial charge in [-0.15, -0.1) is 0 Å². The van der Waals surface area contributed by atoms with Gasteiger partial charge in [-0.2, -0.15) is 0 Å². The Morgan fingerprint density at radius 3 is 2.68 bits per heavy atom. The van der Waals surface area contributed by atoms with Crippen LogP contribution in [0.5, 0.6) is 0 Å². The molecule has 0 amide bonds. The number of carboxylic acid groups (broad SMARTS) is 1. The van der Waals surface area contributed by atoms with Crippen molar-refractivity contribution in [3.63, 3.8) is 0 Å². The first-order valence-electron chi connectivity index (χ1n) is 8.45. The summed E-state index contributed by atoms with van der Waals surface area (Å²) in [6.07, 6.45) is 1.06. The van der Waals surface area contributed by atoms with Crippen LogP contribution in [-0.4, -0.2) is 34.6 Å². The van der Waals surface area contributed by atoms with Crippen molar-refractivity contribution in [2.45, 2.75) is 44.0 Å². The SMILES string of the molecule is CCCN(C)c1cc(C(C)C)nc(SCc2cccc(C(=O)O)c2)n1. The molecule has 1 N–H and O–H groups in total. The summed E-state index contributed by atoms with van der Waals surface area (Å²) >= 11 is 1.53. The van der Waals surface area contributed by atoms with Gasteiger partial charge in [0.05, 0.1) is 5.56 Å². The standard InChI is InChI=1S/C19H25N3O2S/c1-5-9-22(4)17-11-16(13(2)3)20-19(21-17)25-12-14-7-6-8-15(10-14)18(23)24/h6-8,10-11,13H,5,9,12H2,1-4H3,(H,23,24). The molecule has 0 atom stereocenters.